The third-order valence-corrected chi connectivity index (χ3v) is 4.03. The molecule has 0 aliphatic carbocycles. The van der Waals surface area contributed by atoms with Crippen LogP contribution in [-0.2, 0) is 11.3 Å². The second-order valence-electron chi connectivity index (χ2n) is 5.23. The number of aromatic nitrogens is 1. The number of hydrazine groups is 1. The zero-order valence-corrected chi connectivity index (χ0v) is 12.7. The first-order valence-electron chi connectivity index (χ1n) is 7.16. The van der Waals surface area contributed by atoms with Gasteiger partial charge in [-0.25, -0.2) is 10.9 Å². The predicted octanol–water partition coefficient (Wildman–Crippen LogP) is 1.96. The molecule has 1 aliphatic heterocycles. The molecule has 0 bridgehead atoms. The van der Waals surface area contributed by atoms with E-state index in [0.717, 1.165) is 11.1 Å². The van der Waals surface area contributed by atoms with Crippen LogP contribution >= 0.6 is 11.6 Å². The van der Waals surface area contributed by atoms with Gasteiger partial charge in [-0.05, 0) is 29.7 Å². The summed E-state index contributed by atoms with van der Waals surface area (Å²) in [6.45, 7) is 0.474. The summed E-state index contributed by atoms with van der Waals surface area (Å²) in [5.74, 6) is -0.0362. The van der Waals surface area contributed by atoms with Gasteiger partial charge in [0.05, 0.1) is 0 Å². The van der Waals surface area contributed by atoms with E-state index in [2.05, 4.69) is 21.2 Å². The maximum absolute atomic E-state index is 12.2. The smallest absolute Gasteiger partial charge is 0.238 e. The molecule has 2 heterocycles. The Kier molecular flexibility index (Phi) is 4.68. The molecule has 1 aromatic heterocycles. The van der Waals surface area contributed by atoms with E-state index in [9.17, 15) is 4.79 Å². The number of pyridine rings is 1. The standard InChI is InChI=1S/C16H17ClN4O/c17-13-6-2-1-5-12(13)14-8-15(21-20-14)16(22)19-10-11-4-3-7-18-9-11/h1-7,9,14-15,20-21H,8,10H2,(H,19,22). The zero-order valence-electron chi connectivity index (χ0n) is 11.9. The molecule has 2 atom stereocenters. The van der Waals surface area contributed by atoms with Gasteiger partial charge in [0, 0.05) is 30.0 Å². The van der Waals surface area contributed by atoms with Crippen LogP contribution in [0.3, 0.4) is 0 Å². The highest BCUT2D eigenvalue weighted by molar-refractivity contribution is 6.31. The number of rotatable bonds is 4. The molecule has 1 aromatic carbocycles. The molecular weight excluding hydrogens is 300 g/mol. The fourth-order valence-corrected chi connectivity index (χ4v) is 2.77. The normalized spacial score (nSPS) is 20.8. The first-order chi connectivity index (χ1) is 10.7. The Morgan fingerprint density at radius 2 is 2.14 bits per heavy atom. The van der Waals surface area contributed by atoms with Gasteiger partial charge in [-0.2, -0.15) is 0 Å². The maximum atomic E-state index is 12.2. The summed E-state index contributed by atoms with van der Waals surface area (Å²) >= 11 is 6.20. The van der Waals surface area contributed by atoms with Crippen LogP contribution in [0.25, 0.3) is 0 Å². The molecule has 6 heteroatoms. The quantitative estimate of drug-likeness (QED) is 0.807. The number of carbonyl (C=O) groups excluding carboxylic acids is 1. The third-order valence-electron chi connectivity index (χ3n) is 3.69. The van der Waals surface area contributed by atoms with Gasteiger partial charge < -0.3 is 5.32 Å². The minimum Gasteiger partial charge on any atom is -0.351 e. The molecule has 114 valence electrons. The summed E-state index contributed by atoms with van der Waals surface area (Å²) < 4.78 is 0. The Labute approximate surface area is 134 Å². The summed E-state index contributed by atoms with van der Waals surface area (Å²) in [6, 6.07) is 11.2. The van der Waals surface area contributed by atoms with Gasteiger partial charge in [-0.1, -0.05) is 35.9 Å². The van der Waals surface area contributed by atoms with Crippen LogP contribution in [0.4, 0.5) is 0 Å². The van der Waals surface area contributed by atoms with Gasteiger partial charge in [0.15, 0.2) is 0 Å². The van der Waals surface area contributed by atoms with Crippen molar-refractivity contribution in [1.29, 1.82) is 0 Å². The molecule has 0 saturated carbocycles. The molecule has 1 fully saturated rings. The minimum absolute atomic E-state index is 0.0304. The van der Waals surface area contributed by atoms with Crippen molar-refractivity contribution < 1.29 is 4.79 Å². The lowest BCUT2D eigenvalue weighted by atomic mass is 10.0. The van der Waals surface area contributed by atoms with Crippen LogP contribution in [0.1, 0.15) is 23.6 Å². The molecular formula is C16H17ClN4O. The average Bonchev–Trinajstić information content (AvgIpc) is 3.04. The van der Waals surface area contributed by atoms with Gasteiger partial charge in [-0.15, -0.1) is 0 Å². The number of benzene rings is 1. The highest BCUT2D eigenvalue weighted by Gasteiger charge is 2.30. The Bertz CT molecular complexity index is 650. The summed E-state index contributed by atoms with van der Waals surface area (Å²) in [7, 11) is 0. The minimum atomic E-state index is -0.280. The Balaban J connectivity index is 1.56. The number of halogens is 1. The molecule has 3 N–H and O–H groups in total. The number of nitrogens with zero attached hydrogens (tertiary/aromatic N) is 1. The van der Waals surface area contributed by atoms with Crippen molar-refractivity contribution in [2.45, 2.75) is 25.0 Å². The number of carbonyl (C=O) groups is 1. The van der Waals surface area contributed by atoms with E-state index < -0.39 is 0 Å². The molecule has 1 amide bonds. The second-order valence-corrected chi connectivity index (χ2v) is 5.64. The zero-order chi connectivity index (χ0) is 15.4. The van der Waals surface area contributed by atoms with Crippen molar-refractivity contribution in [2.24, 2.45) is 0 Å². The summed E-state index contributed by atoms with van der Waals surface area (Å²) in [6.07, 6.45) is 4.11. The van der Waals surface area contributed by atoms with Gasteiger partial charge >= 0.3 is 0 Å². The Morgan fingerprint density at radius 1 is 1.27 bits per heavy atom. The lowest BCUT2D eigenvalue weighted by Gasteiger charge is -2.11. The van der Waals surface area contributed by atoms with Crippen molar-refractivity contribution in [1.82, 2.24) is 21.2 Å². The maximum Gasteiger partial charge on any atom is 0.238 e. The fourth-order valence-electron chi connectivity index (χ4n) is 2.50. The van der Waals surface area contributed by atoms with Crippen LogP contribution in [0.2, 0.25) is 5.02 Å². The van der Waals surface area contributed by atoms with Gasteiger partial charge in [0.1, 0.15) is 6.04 Å². The summed E-state index contributed by atoms with van der Waals surface area (Å²) in [5, 5.41) is 3.62. The molecule has 0 radical (unpaired) electrons. The largest absolute Gasteiger partial charge is 0.351 e. The topological polar surface area (TPSA) is 66.0 Å². The van der Waals surface area contributed by atoms with Crippen molar-refractivity contribution in [2.75, 3.05) is 0 Å². The Hall–Kier alpha value is -1.95. The van der Waals surface area contributed by atoms with Gasteiger partial charge in [0.25, 0.3) is 0 Å². The lowest BCUT2D eigenvalue weighted by molar-refractivity contribution is -0.123. The van der Waals surface area contributed by atoms with Crippen LogP contribution in [0, 0.1) is 0 Å². The van der Waals surface area contributed by atoms with Crippen molar-refractivity contribution in [3.05, 3.63) is 64.9 Å². The van der Waals surface area contributed by atoms with Crippen LogP contribution in [0.15, 0.2) is 48.8 Å². The van der Waals surface area contributed by atoms with E-state index in [-0.39, 0.29) is 18.0 Å². The SMILES string of the molecule is O=C(NCc1cccnc1)C1CC(c2ccccc2Cl)NN1. The van der Waals surface area contributed by atoms with E-state index in [1.165, 1.54) is 0 Å². The highest BCUT2D eigenvalue weighted by atomic mass is 35.5. The summed E-state index contributed by atoms with van der Waals surface area (Å²) in [5.41, 5.74) is 8.14. The molecule has 1 aliphatic rings. The van der Waals surface area contributed by atoms with Gasteiger partial charge in [-0.3, -0.25) is 9.78 Å². The molecule has 3 rings (SSSR count). The molecule has 0 spiro atoms. The lowest BCUT2D eigenvalue weighted by Crippen LogP contribution is -2.42. The first-order valence-corrected chi connectivity index (χ1v) is 7.54. The number of amides is 1. The summed E-state index contributed by atoms with van der Waals surface area (Å²) in [4.78, 5) is 16.2. The number of hydrogen-bond donors (Lipinski definition) is 3. The van der Waals surface area contributed by atoms with E-state index in [1.54, 1.807) is 12.4 Å². The molecule has 22 heavy (non-hydrogen) atoms. The number of hydrogen-bond acceptors (Lipinski definition) is 4. The van der Waals surface area contributed by atoms with E-state index in [0.29, 0.717) is 18.0 Å². The van der Waals surface area contributed by atoms with E-state index in [1.807, 2.05) is 36.4 Å². The van der Waals surface area contributed by atoms with E-state index >= 15 is 0 Å². The van der Waals surface area contributed by atoms with E-state index in [4.69, 9.17) is 11.6 Å². The van der Waals surface area contributed by atoms with Crippen molar-refractivity contribution in [3.8, 4) is 0 Å². The molecule has 1 saturated heterocycles. The molecule has 2 aromatic rings. The van der Waals surface area contributed by atoms with Gasteiger partial charge in [0.2, 0.25) is 5.91 Å². The fraction of sp³-hybridized carbons (Fsp3) is 0.250. The molecule has 2 unspecified atom stereocenters. The monoisotopic (exact) mass is 316 g/mol. The van der Waals surface area contributed by atoms with Crippen LogP contribution in [-0.4, -0.2) is 16.9 Å². The third kappa shape index (κ3) is 3.44. The van der Waals surface area contributed by atoms with Crippen LogP contribution in [0.5, 0.6) is 0 Å². The Morgan fingerprint density at radius 3 is 2.91 bits per heavy atom. The average molecular weight is 317 g/mol. The molecule has 5 nitrogen and oxygen atoms in total. The second kappa shape index (κ2) is 6.87. The number of nitrogens with one attached hydrogen (secondary N) is 3. The van der Waals surface area contributed by atoms with Crippen molar-refractivity contribution >= 4 is 17.5 Å². The van der Waals surface area contributed by atoms with Crippen LogP contribution < -0.4 is 16.2 Å². The highest BCUT2D eigenvalue weighted by Crippen LogP contribution is 2.28. The first kappa shape index (κ1) is 15.0. The predicted molar refractivity (Wildman–Crippen MR) is 85.0 cm³/mol. The van der Waals surface area contributed by atoms with Crippen molar-refractivity contribution in [3.63, 3.8) is 0 Å².